The van der Waals surface area contributed by atoms with Crippen LogP contribution in [0.25, 0.3) is 0 Å². The first-order chi connectivity index (χ1) is 11.1. The normalized spacial score (nSPS) is 13.6. The molecule has 1 aromatic heterocycles. The summed E-state index contributed by atoms with van der Waals surface area (Å²) < 4.78 is 5.36. The molecule has 120 valence electrons. The van der Waals surface area contributed by atoms with Gasteiger partial charge in [0, 0.05) is 6.04 Å². The summed E-state index contributed by atoms with van der Waals surface area (Å²) >= 11 is 1.01. The number of hydrogen-bond donors (Lipinski definition) is 1. The van der Waals surface area contributed by atoms with Crippen molar-refractivity contribution in [2.75, 3.05) is 4.90 Å². The lowest BCUT2D eigenvalue weighted by atomic mass is 10.2. The fraction of sp³-hybridized carbons (Fsp3) is 0.312. The summed E-state index contributed by atoms with van der Waals surface area (Å²) in [6.07, 6.45) is 1.27. The molecule has 7 heteroatoms. The van der Waals surface area contributed by atoms with E-state index in [1.807, 2.05) is 30.3 Å². The minimum absolute atomic E-state index is 0.0467. The van der Waals surface area contributed by atoms with Gasteiger partial charge < -0.3 is 9.84 Å². The number of carboxylic acid groups (broad SMARTS) is 1. The van der Waals surface area contributed by atoms with E-state index in [1.165, 1.54) is 4.90 Å². The Labute approximate surface area is 137 Å². The van der Waals surface area contributed by atoms with E-state index in [1.54, 1.807) is 6.92 Å². The van der Waals surface area contributed by atoms with Crippen molar-refractivity contribution < 1.29 is 19.4 Å². The predicted octanol–water partition coefficient (Wildman–Crippen LogP) is 3.46. The number of thiazole rings is 1. The third kappa shape index (κ3) is 3.50. The van der Waals surface area contributed by atoms with Crippen LogP contribution in [0.4, 0.5) is 9.93 Å². The molecule has 1 amide bonds. The Morgan fingerprint density at radius 3 is 2.61 bits per heavy atom. The van der Waals surface area contributed by atoms with Crippen LogP contribution in [0.2, 0.25) is 0 Å². The molecule has 0 radical (unpaired) electrons. The van der Waals surface area contributed by atoms with Gasteiger partial charge in [0.2, 0.25) is 0 Å². The number of aromatic carboxylic acids is 1. The monoisotopic (exact) mass is 332 g/mol. The maximum atomic E-state index is 12.4. The summed E-state index contributed by atoms with van der Waals surface area (Å²) in [6.45, 7) is 1.81. The average molecular weight is 332 g/mol. The van der Waals surface area contributed by atoms with Crippen molar-refractivity contribution >= 4 is 28.5 Å². The summed E-state index contributed by atoms with van der Waals surface area (Å²) in [5.74, 6) is -1.03. The van der Waals surface area contributed by atoms with E-state index in [0.717, 1.165) is 29.7 Å². The van der Waals surface area contributed by atoms with Gasteiger partial charge in [-0.15, -0.1) is 0 Å². The van der Waals surface area contributed by atoms with Gasteiger partial charge in [-0.05, 0) is 25.3 Å². The summed E-state index contributed by atoms with van der Waals surface area (Å²) in [7, 11) is 0. The summed E-state index contributed by atoms with van der Waals surface area (Å²) in [5, 5.41) is 9.53. The Morgan fingerprint density at radius 2 is 2.04 bits per heavy atom. The zero-order valence-corrected chi connectivity index (χ0v) is 13.4. The SMILES string of the molecule is Cc1nc(N(C(=O)OCc2ccccc2)C2CC2)sc1C(=O)O. The van der Waals surface area contributed by atoms with E-state index >= 15 is 0 Å². The van der Waals surface area contributed by atoms with Crippen molar-refractivity contribution in [1.29, 1.82) is 0 Å². The zero-order valence-electron chi connectivity index (χ0n) is 12.6. The molecule has 1 aliphatic rings. The number of rotatable bonds is 5. The minimum Gasteiger partial charge on any atom is -0.477 e. The number of anilines is 1. The van der Waals surface area contributed by atoms with Crippen LogP contribution in [0.1, 0.15) is 33.8 Å². The molecule has 2 aromatic rings. The highest BCUT2D eigenvalue weighted by Gasteiger charge is 2.37. The van der Waals surface area contributed by atoms with E-state index in [4.69, 9.17) is 9.84 Å². The van der Waals surface area contributed by atoms with Crippen LogP contribution in [0.15, 0.2) is 30.3 Å². The molecule has 3 rings (SSSR count). The van der Waals surface area contributed by atoms with Gasteiger partial charge in [0.25, 0.3) is 0 Å². The van der Waals surface area contributed by atoms with Crippen LogP contribution in [-0.2, 0) is 11.3 Å². The molecule has 23 heavy (non-hydrogen) atoms. The van der Waals surface area contributed by atoms with Gasteiger partial charge in [-0.1, -0.05) is 41.7 Å². The Balaban J connectivity index is 1.75. The molecule has 0 spiro atoms. The smallest absolute Gasteiger partial charge is 0.416 e. The minimum atomic E-state index is -1.03. The maximum Gasteiger partial charge on any atom is 0.416 e. The summed E-state index contributed by atoms with van der Waals surface area (Å²) in [6, 6.07) is 9.46. The van der Waals surface area contributed by atoms with Crippen molar-refractivity contribution in [3.63, 3.8) is 0 Å². The van der Waals surface area contributed by atoms with Crippen LogP contribution in [0.3, 0.4) is 0 Å². The molecule has 0 aliphatic heterocycles. The number of amides is 1. The number of carbonyl (C=O) groups is 2. The van der Waals surface area contributed by atoms with E-state index in [0.29, 0.717) is 10.8 Å². The van der Waals surface area contributed by atoms with Gasteiger partial charge in [0.1, 0.15) is 11.5 Å². The van der Waals surface area contributed by atoms with E-state index < -0.39 is 12.1 Å². The number of aryl methyl sites for hydroxylation is 1. The fourth-order valence-electron chi connectivity index (χ4n) is 2.19. The Bertz CT molecular complexity index is 725. The molecular formula is C16H16N2O4S. The second-order valence-electron chi connectivity index (χ2n) is 5.36. The molecule has 0 unspecified atom stereocenters. The molecule has 0 atom stereocenters. The molecule has 1 aromatic carbocycles. The van der Waals surface area contributed by atoms with Crippen molar-refractivity contribution in [2.24, 2.45) is 0 Å². The molecule has 6 nitrogen and oxygen atoms in total. The number of carboxylic acids is 1. The number of nitrogens with zero attached hydrogens (tertiary/aromatic N) is 2. The van der Waals surface area contributed by atoms with Gasteiger partial charge in [-0.3, -0.25) is 0 Å². The highest BCUT2D eigenvalue weighted by Crippen LogP contribution is 2.36. The average Bonchev–Trinajstić information content (AvgIpc) is 3.28. The number of hydrogen-bond acceptors (Lipinski definition) is 5. The predicted molar refractivity (Wildman–Crippen MR) is 85.9 cm³/mol. The van der Waals surface area contributed by atoms with Gasteiger partial charge in [-0.25, -0.2) is 19.5 Å². The summed E-state index contributed by atoms with van der Waals surface area (Å²) in [4.78, 5) is 29.4. The highest BCUT2D eigenvalue weighted by molar-refractivity contribution is 7.17. The van der Waals surface area contributed by atoms with Gasteiger partial charge in [0.05, 0.1) is 5.69 Å². The number of aromatic nitrogens is 1. The quantitative estimate of drug-likeness (QED) is 0.907. The largest absolute Gasteiger partial charge is 0.477 e. The first-order valence-electron chi connectivity index (χ1n) is 7.27. The number of carbonyl (C=O) groups excluding carboxylic acids is 1. The lowest BCUT2D eigenvalue weighted by Crippen LogP contribution is -2.33. The Kier molecular flexibility index (Phi) is 4.29. The highest BCUT2D eigenvalue weighted by atomic mass is 32.1. The molecule has 1 aliphatic carbocycles. The van der Waals surface area contributed by atoms with Crippen LogP contribution < -0.4 is 4.90 Å². The second kappa shape index (κ2) is 6.37. The van der Waals surface area contributed by atoms with Gasteiger partial charge in [-0.2, -0.15) is 0 Å². The van der Waals surface area contributed by atoms with Gasteiger partial charge >= 0.3 is 12.1 Å². The maximum absolute atomic E-state index is 12.4. The molecule has 1 N–H and O–H groups in total. The molecule has 1 saturated carbocycles. The Hall–Kier alpha value is -2.41. The lowest BCUT2D eigenvalue weighted by molar-refractivity contribution is 0.0701. The lowest BCUT2D eigenvalue weighted by Gasteiger charge is -2.18. The van der Waals surface area contributed by atoms with E-state index in [2.05, 4.69) is 4.98 Å². The first kappa shape index (κ1) is 15.5. The van der Waals surface area contributed by atoms with Gasteiger partial charge in [0.15, 0.2) is 5.13 Å². The number of ether oxygens (including phenoxy) is 1. The zero-order chi connectivity index (χ0) is 16.4. The summed E-state index contributed by atoms with van der Waals surface area (Å²) in [5.41, 5.74) is 1.32. The van der Waals surface area contributed by atoms with Crippen molar-refractivity contribution in [3.05, 3.63) is 46.5 Å². The molecule has 0 saturated heterocycles. The molecule has 1 heterocycles. The first-order valence-corrected chi connectivity index (χ1v) is 8.08. The fourth-order valence-corrected chi connectivity index (χ4v) is 3.16. The topological polar surface area (TPSA) is 79.7 Å². The van der Waals surface area contributed by atoms with Crippen LogP contribution in [-0.4, -0.2) is 28.2 Å². The third-order valence-corrected chi connectivity index (χ3v) is 4.64. The van der Waals surface area contributed by atoms with Crippen LogP contribution >= 0.6 is 11.3 Å². The van der Waals surface area contributed by atoms with Crippen molar-refractivity contribution in [3.8, 4) is 0 Å². The van der Waals surface area contributed by atoms with Crippen LogP contribution in [0.5, 0.6) is 0 Å². The van der Waals surface area contributed by atoms with Crippen molar-refractivity contribution in [2.45, 2.75) is 32.4 Å². The Morgan fingerprint density at radius 1 is 1.35 bits per heavy atom. The van der Waals surface area contributed by atoms with E-state index in [9.17, 15) is 9.59 Å². The third-order valence-electron chi connectivity index (χ3n) is 3.50. The van der Waals surface area contributed by atoms with E-state index in [-0.39, 0.29) is 17.5 Å². The molecule has 0 bridgehead atoms. The molecular weight excluding hydrogens is 316 g/mol. The standard InChI is InChI=1S/C16H16N2O4S/c1-10-13(14(19)20)23-15(17-10)18(12-7-8-12)16(21)22-9-11-5-3-2-4-6-11/h2-6,12H,7-9H2,1H3,(H,19,20). The second-order valence-corrected chi connectivity index (χ2v) is 6.34. The van der Waals surface area contributed by atoms with Crippen molar-refractivity contribution in [1.82, 2.24) is 4.98 Å². The molecule has 1 fully saturated rings. The van der Waals surface area contributed by atoms with Crippen LogP contribution in [0, 0.1) is 6.92 Å². The number of benzene rings is 1.